The summed E-state index contributed by atoms with van der Waals surface area (Å²) in [6, 6.07) is 0. The molecule has 0 aliphatic carbocycles. The molecular weight excluding hydrogens is 132 g/mol. The van der Waals surface area contributed by atoms with Crippen LogP contribution in [0.5, 0.6) is 0 Å². The van der Waals surface area contributed by atoms with E-state index < -0.39 is 10.0 Å². The molecule has 0 spiro atoms. The van der Waals surface area contributed by atoms with Gasteiger partial charge in [-0.05, 0) is 6.92 Å². The van der Waals surface area contributed by atoms with Crippen molar-refractivity contribution in [1.82, 2.24) is 0 Å². The van der Waals surface area contributed by atoms with E-state index in [9.17, 15) is 4.79 Å². The average Bonchev–Trinajstić information content (AvgIpc) is 1.31. The SMILES string of the molecule is CC(S)(S)C(=O)O. The lowest BCUT2D eigenvalue weighted by Gasteiger charge is -2.06. The van der Waals surface area contributed by atoms with Gasteiger partial charge in [0.05, 0.1) is 0 Å². The average molecular weight is 138 g/mol. The third-order valence-electron chi connectivity index (χ3n) is 0.405. The van der Waals surface area contributed by atoms with Crippen molar-refractivity contribution in [2.24, 2.45) is 0 Å². The van der Waals surface area contributed by atoms with Crippen LogP contribution in [0.25, 0.3) is 0 Å². The number of carboxylic acid groups (broad SMARTS) is 1. The summed E-state index contributed by atoms with van der Waals surface area (Å²) >= 11 is 7.23. The van der Waals surface area contributed by atoms with Crippen LogP contribution in [0.3, 0.4) is 0 Å². The lowest BCUT2D eigenvalue weighted by Crippen LogP contribution is -2.20. The first-order valence-electron chi connectivity index (χ1n) is 1.62. The van der Waals surface area contributed by atoms with Crippen LogP contribution in [-0.4, -0.2) is 15.2 Å². The monoisotopic (exact) mass is 138 g/mol. The molecule has 4 heteroatoms. The van der Waals surface area contributed by atoms with Crippen LogP contribution in [-0.2, 0) is 4.79 Å². The van der Waals surface area contributed by atoms with E-state index in [-0.39, 0.29) is 0 Å². The minimum Gasteiger partial charge on any atom is -0.480 e. The Labute approximate surface area is 52.7 Å². The molecule has 0 amide bonds. The van der Waals surface area contributed by atoms with Crippen molar-refractivity contribution in [1.29, 1.82) is 0 Å². The fraction of sp³-hybridized carbons (Fsp3) is 0.667. The Bertz CT molecular complexity index is 83.4. The molecule has 2 nitrogen and oxygen atoms in total. The second-order valence-electron chi connectivity index (χ2n) is 1.33. The molecule has 0 fully saturated rings. The van der Waals surface area contributed by atoms with Crippen molar-refractivity contribution in [3.05, 3.63) is 0 Å². The van der Waals surface area contributed by atoms with Gasteiger partial charge in [0.2, 0.25) is 0 Å². The summed E-state index contributed by atoms with van der Waals surface area (Å²) in [5.74, 6) is -1.03. The highest BCUT2D eigenvalue weighted by Gasteiger charge is 2.21. The topological polar surface area (TPSA) is 37.3 Å². The van der Waals surface area contributed by atoms with Crippen LogP contribution in [0.4, 0.5) is 0 Å². The Morgan fingerprint density at radius 3 is 1.86 bits per heavy atom. The van der Waals surface area contributed by atoms with Crippen molar-refractivity contribution in [3.8, 4) is 0 Å². The molecule has 0 aromatic carbocycles. The number of thiol groups is 2. The molecule has 0 radical (unpaired) electrons. The zero-order valence-electron chi connectivity index (χ0n) is 3.75. The van der Waals surface area contributed by atoms with Crippen LogP contribution >= 0.6 is 25.3 Å². The maximum atomic E-state index is 9.87. The molecular formula is C3H6O2S2. The van der Waals surface area contributed by atoms with Crippen LogP contribution in [0.15, 0.2) is 0 Å². The highest BCUT2D eigenvalue weighted by Crippen LogP contribution is 2.16. The molecule has 0 rings (SSSR count). The molecule has 1 N–H and O–H groups in total. The number of carbonyl (C=O) groups is 1. The quantitative estimate of drug-likeness (QED) is 0.367. The summed E-state index contributed by atoms with van der Waals surface area (Å²) < 4.78 is -1.19. The Morgan fingerprint density at radius 1 is 1.71 bits per heavy atom. The number of hydrogen-bond donors (Lipinski definition) is 3. The van der Waals surface area contributed by atoms with E-state index in [4.69, 9.17) is 5.11 Å². The second-order valence-corrected chi connectivity index (χ2v) is 3.47. The van der Waals surface area contributed by atoms with Crippen molar-refractivity contribution in [3.63, 3.8) is 0 Å². The number of rotatable bonds is 1. The molecule has 0 unspecified atom stereocenters. The predicted molar refractivity (Wildman–Crippen MR) is 34.0 cm³/mol. The summed E-state index contributed by atoms with van der Waals surface area (Å²) in [7, 11) is 0. The fourth-order valence-electron chi connectivity index (χ4n) is 0. The molecule has 0 aliphatic rings. The van der Waals surface area contributed by atoms with Crippen LogP contribution in [0.2, 0.25) is 0 Å². The van der Waals surface area contributed by atoms with Gasteiger partial charge < -0.3 is 5.11 Å². The molecule has 42 valence electrons. The maximum Gasteiger partial charge on any atom is 0.329 e. The molecule has 0 saturated carbocycles. The first-order chi connectivity index (χ1) is 2.94. The predicted octanol–water partition coefficient (Wildman–Crippen LogP) is 0.647. The van der Waals surface area contributed by atoms with E-state index in [1.165, 1.54) is 6.92 Å². The molecule has 7 heavy (non-hydrogen) atoms. The maximum absolute atomic E-state index is 9.87. The largest absolute Gasteiger partial charge is 0.480 e. The minimum absolute atomic E-state index is 1.03. The van der Waals surface area contributed by atoms with E-state index in [0.717, 1.165) is 0 Å². The summed E-state index contributed by atoms with van der Waals surface area (Å²) in [6.45, 7) is 1.39. The lowest BCUT2D eigenvalue weighted by molar-refractivity contribution is -0.136. The van der Waals surface area contributed by atoms with Gasteiger partial charge in [0.15, 0.2) is 0 Å². The van der Waals surface area contributed by atoms with E-state index in [1.807, 2.05) is 0 Å². The highest BCUT2D eigenvalue weighted by molar-refractivity contribution is 8.01. The summed E-state index contributed by atoms with van der Waals surface area (Å²) in [4.78, 5) is 9.87. The molecule has 0 aromatic heterocycles. The Kier molecular flexibility index (Phi) is 2.01. The smallest absolute Gasteiger partial charge is 0.329 e. The highest BCUT2D eigenvalue weighted by atomic mass is 32.2. The Morgan fingerprint density at radius 2 is 1.86 bits per heavy atom. The van der Waals surface area contributed by atoms with E-state index >= 15 is 0 Å². The fourth-order valence-corrected chi connectivity index (χ4v) is 0. The van der Waals surface area contributed by atoms with Gasteiger partial charge in [-0.15, -0.1) is 0 Å². The van der Waals surface area contributed by atoms with Crippen LogP contribution in [0, 0.1) is 0 Å². The second kappa shape index (κ2) is 1.96. The summed E-state index contributed by atoms with van der Waals surface area (Å²) in [5, 5.41) is 8.10. The number of aliphatic carboxylic acids is 1. The zero-order valence-corrected chi connectivity index (χ0v) is 5.54. The van der Waals surface area contributed by atoms with E-state index in [2.05, 4.69) is 25.3 Å². The van der Waals surface area contributed by atoms with E-state index in [0.29, 0.717) is 0 Å². The molecule has 0 aromatic rings. The van der Waals surface area contributed by atoms with Gasteiger partial charge in [0.25, 0.3) is 0 Å². The van der Waals surface area contributed by atoms with Crippen LogP contribution in [0.1, 0.15) is 6.92 Å². The molecule has 0 aliphatic heterocycles. The first kappa shape index (κ1) is 7.17. The normalized spacial score (nSPS) is 11.3. The molecule has 0 heterocycles. The molecule has 0 saturated heterocycles. The van der Waals surface area contributed by atoms with Gasteiger partial charge in [0.1, 0.15) is 4.08 Å². The van der Waals surface area contributed by atoms with Gasteiger partial charge in [-0.3, -0.25) is 0 Å². The van der Waals surface area contributed by atoms with Gasteiger partial charge in [-0.25, -0.2) is 4.79 Å². The third kappa shape index (κ3) is 2.82. The van der Waals surface area contributed by atoms with Crippen LogP contribution < -0.4 is 0 Å². The lowest BCUT2D eigenvalue weighted by atomic mass is 10.5. The Balaban J connectivity index is 3.79. The summed E-state index contributed by atoms with van der Waals surface area (Å²) in [5.41, 5.74) is 0. The van der Waals surface area contributed by atoms with Crippen molar-refractivity contribution in [2.45, 2.75) is 11.0 Å². The standard InChI is InChI=1S/C3H6O2S2/c1-3(6,7)2(4)5/h6-7H,1H3,(H,4,5). The van der Waals surface area contributed by atoms with Gasteiger partial charge in [0, 0.05) is 0 Å². The number of hydrogen-bond acceptors (Lipinski definition) is 3. The third-order valence-corrected chi connectivity index (χ3v) is 0.788. The number of carboxylic acids is 1. The summed E-state index contributed by atoms with van der Waals surface area (Å²) in [6.07, 6.45) is 0. The van der Waals surface area contributed by atoms with Gasteiger partial charge in [-0.2, -0.15) is 25.3 Å². The zero-order chi connectivity index (χ0) is 6.08. The van der Waals surface area contributed by atoms with Crippen molar-refractivity contribution < 1.29 is 9.90 Å². The first-order valence-corrected chi connectivity index (χ1v) is 2.52. The van der Waals surface area contributed by atoms with Gasteiger partial charge >= 0.3 is 5.97 Å². The minimum atomic E-state index is -1.19. The van der Waals surface area contributed by atoms with E-state index in [1.54, 1.807) is 0 Å². The van der Waals surface area contributed by atoms with Gasteiger partial charge in [-0.1, -0.05) is 0 Å². The van der Waals surface area contributed by atoms with Crippen molar-refractivity contribution >= 4 is 31.2 Å². The molecule has 0 bridgehead atoms. The molecule has 0 atom stereocenters. The van der Waals surface area contributed by atoms with Crippen molar-refractivity contribution in [2.75, 3.05) is 0 Å². The Hall–Kier alpha value is 0.170.